The van der Waals surface area contributed by atoms with Gasteiger partial charge in [0.1, 0.15) is 0 Å². The number of carboxylic acids is 1. The molecule has 2 rings (SSSR count). The van der Waals surface area contributed by atoms with E-state index in [1.54, 1.807) is 24.3 Å². The molecule has 0 spiro atoms. The number of carboxylic acid groups (broad SMARTS) is 1. The van der Waals surface area contributed by atoms with E-state index in [1.165, 1.54) is 6.92 Å². The number of carbonyl (C=O) groups excluding carboxylic acids is 1. The number of para-hydroxylation sites is 1. The van der Waals surface area contributed by atoms with Gasteiger partial charge in [-0.25, -0.2) is 0 Å². The smallest absolute Gasteiger partial charge is 0.329 e. The lowest BCUT2D eigenvalue weighted by atomic mass is 10.1. The summed E-state index contributed by atoms with van der Waals surface area (Å²) in [6, 6.07) is 18.3. The number of anilines is 1. The number of hydrogen-bond donors (Lipinski definition) is 2. The summed E-state index contributed by atoms with van der Waals surface area (Å²) in [6.07, 6.45) is 0. The van der Waals surface area contributed by atoms with Gasteiger partial charge in [0.25, 0.3) is 5.91 Å². The highest BCUT2D eigenvalue weighted by Gasteiger charge is 2.42. The number of amides is 1. The zero-order valence-electron chi connectivity index (χ0n) is 12.2. The minimum absolute atomic E-state index is 0.450. The molecule has 5 heteroatoms. The first-order valence-corrected chi connectivity index (χ1v) is 7.79. The van der Waals surface area contributed by atoms with E-state index in [0.29, 0.717) is 11.4 Å². The van der Waals surface area contributed by atoms with E-state index >= 15 is 0 Å². The molecule has 0 aromatic heterocycles. The van der Waals surface area contributed by atoms with Crippen LogP contribution >= 0.6 is 11.8 Å². The SMILES string of the molecule is CC(SCc1ccccc1)(C(=O)O)C(=O)Nc1ccccc1. The lowest BCUT2D eigenvalue weighted by Gasteiger charge is -2.23. The van der Waals surface area contributed by atoms with Gasteiger partial charge in [-0.3, -0.25) is 9.59 Å². The second kappa shape index (κ2) is 7.13. The first-order valence-electron chi connectivity index (χ1n) is 6.80. The third-order valence-electron chi connectivity index (χ3n) is 3.24. The highest BCUT2D eigenvalue weighted by atomic mass is 32.2. The van der Waals surface area contributed by atoms with Crippen molar-refractivity contribution in [3.63, 3.8) is 0 Å². The van der Waals surface area contributed by atoms with Gasteiger partial charge >= 0.3 is 5.97 Å². The van der Waals surface area contributed by atoms with Crippen molar-refractivity contribution in [1.82, 2.24) is 0 Å². The Labute approximate surface area is 133 Å². The van der Waals surface area contributed by atoms with Crippen LogP contribution in [0.3, 0.4) is 0 Å². The Hall–Kier alpha value is -2.27. The molecule has 2 N–H and O–H groups in total. The van der Waals surface area contributed by atoms with Gasteiger partial charge in [-0.05, 0) is 24.6 Å². The maximum Gasteiger partial charge on any atom is 0.329 e. The largest absolute Gasteiger partial charge is 0.480 e. The monoisotopic (exact) mass is 315 g/mol. The molecule has 22 heavy (non-hydrogen) atoms. The van der Waals surface area contributed by atoms with Crippen molar-refractivity contribution in [3.05, 3.63) is 66.2 Å². The molecular formula is C17H17NO3S. The van der Waals surface area contributed by atoms with Gasteiger partial charge in [0, 0.05) is 11.4 Å². The highest BCUT2D eigenvalue weighted by molar-refractivity contribution is 8.01. The fourth-order valence-corrected chi connectivity index (χ4v) is 2.75. The van der Waals surface area contributed by atoms with E-state index in [0.717, 1.165) is 17.3 Å². The molecule has 2 aromatic carbocycles. The van der Waals surface area contributed by atoms with Crippen LogP contribution in [0.25, 0.3) is 0 Å². The predicted octanol–water partition coefficient (Wildman–Crippen LogP) is 3.40. The van der Waals surface area contributed by atoms with Crippen molar-refractivity contribution in [1.29, 1.82) is 0 Å². The van der Waals surface area contributed by atoms with Gasteiger partial charge < -0.3 is 10.4 Å². The maximum absolute atomic E-state index is 12.4. The maximum atomic E-state index is 12.4. The summed E-state index contributed by atoms with van der Waals surface area (Å²) in [5.41, 5.74) is 1.56. The topological polar surface area (TPSA) is 66.4 Å². The average molecular weight is 315 g/mol. The predicted molar refractivity (Wildman–Crippen MR) is 88.8 cm³/mol. The Kier molecular flexibility index (Phi) is 5.22. The molecular weight excluding hydrogens is 298 g/mol. The Bertz CT molecular complexity index is 645. The molecule has 1 atom stereocenters. The molecule has 0 aliphatic rings. The number of carbonyl (C=O) groups is 2. The van der Waals surface area contributed by atoms with Crippen LogP contribution in [0.5, 0.6) is 0 Å². The molecule has 1 amide bonds. The molecule has 2 aromatic rings. The quantitative estimate of drug-likeness (QED) is 0.802. The van der Waals surface area contributed by atoms with Crippen LogP contribution in [0.2, 0.25) is 0 Å². The lowest BCUT2D eigenvalue weighted by Crippen LogP contribution is -2.44. The Morgan fingerprint density at radius 2 is 1.59 bits per heavy atom. The van der Waals surface area contributed by atoms with Crippen LogP contribution in [0, 0.1) is 0 Å². The van der Waals surface area contributed by atoms with E-state index in [9.17, 15) is 14.7 Å². The minimum Gasteiger partial charge on any atom is -0.480 e. The fraction of sp³-hybridized carbons (Fsp3) is 0.176. The van der Waals surface area contributed by atoms with E-state index in [-0.39, 0.29) is 0 Å². The number of aliphatic carboxylic acids is 1. The first kappa shape index (κ1) is 16.1. The molecule has 0 aliphatic heterocycles. The van der Waals surface area contributed by atoms with E-state index in [1.807, 2.05) is 36.4 Å². The summed E-state index contributed by atoms with van der Waals surface area (Å²) in [4.78, 5) is 24.0. The lowest BCUT2D eigenvalue weighted by molar-refractivity contribution is -0.142. The van der Waals surface area contributed by atoms with Gasteiger partial charge in [-0.15, -0.1) is 11.8 Å². The summed E-state index contributed by atoms with van der Waals surface area (Å²) >= 11 is 1.10. The molecule has 0 heterocycles. The molecule has 0 bridgehead atoms. The number of thioether (sulfide) groups is 1. The van der Waals surface area contributed by atoms with E-state index in [4.69, 9.17) is 0 Å². The van der Waals surface area contributed by atoms with Crippen molar-refractivity contribution < 1.29 is 14.7 Å². The molecule has 0 radical (unpaired) electrons. The molecule has 1 unspecified atom stereocenters. The standard InChI is InChI=1S/C17H17NO3S/c1-17(16(20)21,22-12-13-8-4-2-5-9-13)15(19)18-14-10-6-3-7-11-14/h2-11H,12H2,1H3,(H,18,19)(H,20,21). The highest BCUT2D eigenvalue weighted by Crippen LogP contribution is 2.30. The third kappa shape index (κ3) is 3.89. The third-order valence-corrected chi connectivity index (χ3v) is 4.66. The van der Waals surface area contributed by atoms with Gasteiger partial charge in [0.05, 0.1) is 0 Å². The summed E-state index contributed by atoms with van der Waals surface area (Å²) in [5, 5.41) is 12.1. The molecule has 0 saturated carbocycles. The molecule has 0 aliphatic carbocycles. The van der Waals surface area contributed by atoms with Gasteiger partial charge in [-0.1, -0.05) is 48.5 Å². The van der Waals surface area contributed by atoms with Gasteiger partial charge in [0.15, 0.2) is 4.75 Å². The van der Waals surface area contributed by atoms with E-state index < -0.39 is 16.6 Å². The van der Waals surface area contributed by atoms with Crippen molar-refractivity contribution >= 4 is 29.3 Å². The second-order valence-electron chi connectivity index (χ2n) is 4.93. The number of nitrogens with one attached hydrogen (secondary N) is 1. The minimum atomic E-state index is -1.55. The zero-order chi connectivity index (χ0) is 16.0. The Morgan fingerprint density at radius 1 is 1.05 bits per heavy atom. The van der Waals surface area contributed by atoms with Crippen LogP contribution in [0.4, 0.5) is 5.69 Å². The van der Waals surface area contributed by atoms with Gasteiger partial charge in [-0.2, -0.15) is 0 Å². The summed E-state index contributed by atoms with van der Waals surface area (Å²) in [6.45, 7) is 1.43. The zero-order valence-corrected chi connectivity index (χ0v) is 13.0. The van der Waals surface area contributed by atoms with Crippen LogP contribution in [0.1, 0.15) is 12.5 Å². The Morgan fingerprint density at radius 3 is 2.14 bits per heavy atom. The van der Waals surface area contributed by atoms with Gasteiger partial charge in [0.2, 0.25) is 0 Å². The second-order valence-corrected chi connectivity index (χ2v) is 6.33. The molecule has 114 valence electrons. The van der Waals surface area contributed by atoms with Crippen molar-refractivity contribution in [2.45, 2.75) is 17.4 Å². The van der Waals surface area contributed by atoms with Crippen molar-refractivity contribution in [2.24, 2.45) is 0 Å². The normalized spacial score (nSPS) is 13.1. The van der Waals surface area contributed by atoms with Crippen LogP contribution < -0.4 is 5.32 Å². The molecule has 0 fully saturated rings. The van der Waals surface area contributed by atoms with Crippen LogP contribution in [-0.2, 0) is 15.3 Å². The first-order chi connectivity index (χ1) is 10.5. The average Bonchev–Trinajstić information content (AvgIpc) is 2.54. The number of rotatable bonds is 6. The van der Waals surface area contributed by atoms with Crippen molar-refractivity contribution in [3.8, 4) is 0 Å². The summed E-state index contributed by atoms with van der Waals surface area (Å²) in [7, 11) is 0. The van der Waals surface area contributed by atoms with Crippen LogP contribution in [0.15, 0.2) is 60.7 Å². The van der Waals surface area contributed by atoms with E-state index in [2.05, 4.69) is 5.32 Å². The Balaban J connectivity index is 2.10. The number of benzene rings is 2. The fourth-order valence-electron chi connectivity index (χ4n) is 1.80. The molecule has 4 nitrogen and oxygen atoms in total. The van der Waals surface area contributed by atoms with Crippen LogP contribution in [-0.4, -0.2) is 21.7 Å². The van der Waals surface area contributed by atoms with Crippen molar-refractivity contribution in [2.75, 3.05) is 5.32 Å². The summed E-state index contributed by atoms with van der Waals surface area (Å²) < 4.78 is -1.55. The molecule has 0 saturated heterocycles. The number of hydrogen-bond acceptors (Lipinski definition) is 3. The summed E-state index contributed by atoms with van der Waals surface area (Å²) in [5.74, 6) is -1.24.